The summed E-state index contributed by atoms with van der Waals surface area (Å²) in [6, 6.07) is 11.5. The molecule has 2 aromatic heterocycles. The van der Waals surface area contributed by atoms with Gasteiger partial charge >= 0.3 is 0 Å². The molecule has 1 amide bonds. The molecular formula is C18H17N3OS. The van der Waals surface area contributed by atoms with Gasteiger partial charge in [0, 0.05) is 10.3 Å². The van der Waals surface area contributed by atoms with Crippen LogP contribution in [0.1, 0.15) is 34.4 Å². The number of carbonyl (C=O) groups excluding carboxylic acids is 1. The first-order valence-electron chi connectivity index (χ1n) is 7.85. The van der Waals surface area contributed by atoms with Crippen LogP contribution in [0.2, 0.25) is 0 Å². The van der Waals surface area contributed by atoms with E-state index in [-0.39, 0.29) is 5.91 Å². The van der Waals surface area contributed by atoms with Gasteiger partial charge in [-0.25, -0.2) is 9.97 Å². The lowest BCUT2D eigenvalue weighted by Gasteiger charge is -2.15. The molecule has 1 aliphatic rings. The molecule has 0 saturated carbocycles. The molecule has 4 nitrogen and oxygen atoms in total. The Hall–Kier alpha value is -2.27. The van der Waals surface area contributed by atoms with Crippen molar-refractivity contribution in [2.24, 2.45) is 5.92 Å². The van der Waals surface area contributed by atoms with Crippen LogP contribution in [0.3, 0.4) is 0 Å². The van der Waals surface area contributed by atoms with Gasteiger partial charge in [0.2, 0.25) is 0 Å². The first-order chi connectivity index (χ1) is 11.2. The zero-order chi connectivity index (χ0) is 15.8. The van der Waals surface area contributed by atoms with E-state index in [1.165, 1.54) is 11.3 Å². The third-order valence-electron chi connectivity index (χ3n) is 4.24. The number of amides is 1. The van der Waals surface area contributed by atoms with Crippen molar-refractivity contribution in [2.75, 3.05) is 5.32 Å². The average molecular weight is 323 g/mol. The fourth-order valence-electron chi connectivity index (χ4n) is 2.95. The van der Waals surface area contributed by atoms with Gasteiger partial charge in [0.1, 0.15) is 5.69 Å². The summed E-state index contributed by atoms with van der Waals surface area (Å²) < 4.78 is 0. The lowest BCUT2D eigenvalue weighted by atomic mass is 9.93. The third-order valence-corrected chi connectivity index (χ3v) is 5.27. The van der Waals surface area contributed by atoms with Gasteiger partial charge in [-0.15, -0.1) is 11.3 Å². The number of anilines is 1. The Morgan fingerprint density at radius 3 is 3.00 bits per heavy atom. The molecule has 0 aliphatic heterocycles. The number of nitrogens with one attached hydrogen (secondary N) is 1. The van der Waals surface area contributed by atoms with Crippen LogP contribution in [0.4, 0.5) is 5.13 Å². The van der Waals surface area contributed by atoms with Crippen LogP contribution in [0.25, 0.3) is 10.9 Å². The minimum absolute atomic E-state index is 0.199. The molecule has 0 fully saturated rings. The molecule has 1 aliphatic carbocycles. The van der Waals surface area contributed by atoms with Gasteiger partial charge in [-0.05, 0) is 37.3 Å². The van der Waals surface area contributed by atoms with Crippen molar-refractivity contribution < 1.29 is 4.79 Å². The predicted molar refractivity (Wildman–Crippen MR) is 93.0 cm³/mol. The predicted octanol–water partition coefficient (Wildman–Crippen LogP) is 4.07. The van der Waals surface area contributed by atoms with E-state index < -0.39 is 0 Å². The molecular weight excluding hydrogens is 306 g/mol. The molecule has 23 heavy (non-hydrogen) atoms. The van der Waals surface area contributed by atoms with Gasteiger partial charge < -0.3 is 0 Å². The van der Waals surface area contributed by atoms with Crippen LogP contribution in [0.15, 0.2) is 36.4 Å². The number of hydrogen-bond donors (Lipinski definition) is 1. The molecule has 0 spiro atoms. The number of fused-ring (bicyclic) bond motifs is 2. The molecule has 2 heterocycles. The summed E-state index contributed by atoms with van der Waals surface area (Å²) in [4.78, 5) is 22.7. The van der Waals surface area contributed by atoms with E-state index in [0.717, 1.165) is 29.4 Å². The number of benzene rings is 1. The molecule has 0 radical (unpaired) electrons. The van der Waals surface area contributed by atoms with Gasteiger partial charge in [-0.3, -0.25) is 10.1 Å². The third kappa shape index (κ3) is 2.84. The monoisotopic (exact) mass is 323 g/mol. The number of aryl methyl sites for hydroxylation is 1. The average Bonchev–Trinajstić information content (AvgIpc) is 2.95. The second kappa shape index (κ2) is 5.74. The van der Waals surface area contributed by atoms with Crippen molar-refractivity contribution in [3.63, 3.8) is 0 Å². The minimum atomic E-state index is -0.199. The second-order valence-corrected chi connectivity index (χ2v) is 7.16. The van der Waals surface area contributed by atoms with E-state index in [9.17, 15) is 4.79 Å². The van der Waals surface area contributed by atoms with E-state index in [0.29, 0.717) is 16.7 Å². The zero-order valence-electron chi connectivity index (χ0n) is 12.9. The van der Waals surface area contributed by atoms with Crippen molar-refractivity contribution in [1.29, 1.82) is 0 Å². The summed E-state index contributed by atoms with van der Waals surface area (Å²) in [5, 5.41) is 4.62. The summed E-state index contributed by atoms with van der Waals surface area (Å²) in [6.45, 7) is 2.26. The second-order valence-electron chi connectivity index (χ2n) is 6.08. The van der Waals surface area contributed by atoms with E-state index in [2.05, 4.69) is 22.2 Å². The topological polar surface area (TPSA) is 54.9 Å². The molecule has 0 bridgehead atoms. The molecule has 0 saturated heterocycles. The van der Waals surface area contributed by atoms with Crippen LogP contribution < -0.4 is 5.32 Å². The Labute approximate surface area is 138 Å². The zero-order valence-corrected chi connectivity index (χ0v) is 13.7. The number of carbonyl (C=O) groups is 1. The lowest BCUT2D eigenvalue weighted by molar-refractivity contribution is 0.102. The maximum atomic E-state index is 12.4. The smallest absolute Gasteiger partial charge is 0.276 e. The molecule has 4 rings (SSSR count). The standard InChI is InChI=1S/C18H17N3OS/c1-11-6-8-14-16(10-11)23-18(20-14)21-17(22)15-9-7-12-4-2-3-5-13(12)19-15/h2-5,7,9,11H,6,8,10H2,1H3,(H,20,21,22)/t11-/m1/s1. The summed E-state index contributed by atoms with van der Waals surface area (Å²) >= 11 is 1.59. The van der Waals surface area contributed by atoms with Gasteiger partial charge in [-0.2, -0.15) is 0 Å². The van der Waals surface area contributed by atoms with Gasteiger partial charge in [0.05, 0.1) is 11.2 Å². The first kappa shape index (κ1) is 14.3. The number of thiazole rings is 1. The quantitative estimate of drug-likeness (QED) is 0.773. The van der Waals surface area contributed by atoms with Crippen LogP contribution in [-0.4, -0.2) is 15.9 Å². The summed E-state index contributed by atoms with van der Waals surface area (Å²) in [7, 11) is 0. The highest BCUT2D eigenvalue weighted by atomic mass is 32.1. The number of nitrogens with zero attached hydrogens (tertiary/aromatic N) is 2. The Kier molecular flexibility index (Phi) is 3.58. The Bertz CT molecular complexity index is 887. The van der Waals surface area contributed by atoms with Crippen molar-refractivity contribution in [2.45, 2.75) is 26.2 Å². The number of hydrogen-bond acceptors (Lipinski definition) is 4. The van der Waals surface area contributed by atoms with E-state index in [4.69, 9.17) is 0 Å². The first-order valence-corrected chi connectivity index (χ1v) is 8.66. The Morgan fingerprint density at radius 1 is 1.22 bits per heavy atom. The highest BCUT2D eigenvalue weighted by Crippen LogP contribution is 2.32. The van der Waals surface area contributed by atoms with Gasteiger partial charge in [0.15, 0.2) is 5.13 Å². The summed E-state index contributed by atoms with van der Waals surface area (Å²) in [5.41, 5.74) is 2.40. The van der Waals surface area contributed by atoms with Crippen molar-refractivity contribution in [1.82, 2.24) is 9.97 Å². The Morgan fingerprint density at radius 2 is 2.09 bits per heavy atom. The van der Waals surface area contributed by atoms with Gasteiger partial charge in [0.25, 0.3) is 5.91 Å². The molecule has 1 N–H and O–H groups in total. The maximum Gasteiger partial charge on any atom is 0.276 e. The van der Waals surface area contributed by atoms with Crippen LogP contribution in [0, 0.1) is 5.92 Å². The van der Waals surface area contributed by atoms with Crippen LogP contribution >= 0.6 is 11.3 Å². The normalized spacial score (nSPS) is 17.0. The van der Waals surface area contributed by atoms with Crippen molar-refractivity contribution in [3.05, 3.63) is 52.7 Å². The number of aromatic nitrogens is 2. The number of rotatable bonds is 2. The molecule has 1 atom stereocenters. The largest absolute Gasteiger partial charge is 0.296 e. The summed E-state index contributed by atoms with van der Waals surface area (Å²) in [5.74, 6) is 0.503. The highest BCUT2D eigenvalue weighted by Gasteiger charge is 2.21. The van der Waals surface area contributed by atoms with E-state index in [1.54, 1.807) is 17.4 Å². The van der Waals surface area contributed by atoms with Crippen LogP contribution in [0.5, 0.6) is 0 Å². The van der Waals surface area contributed by atoms with Crippen molar-refractivity contribution in [3.8, 4) is 0 Å². The van der Waals surface area contributed by atoms with Crippen LogP contribution in [-0.2, 0) is 12.8 Å². The fourth-order valence-corrected chi connectivity index (χ4v) is 4.11. The summed E-state index contributed by atoms with van der Waals surface area (Å²) in [6.07, 6.45) is 3.25. The highest BCUT2D eigenvalue weighted by molar-refractivity contribution is 7.15. The molecule has 3 aromatic rings. The SMILES string of the molecule is C[C@@H]1CCc2nc(NC(=O)c3ccc4ccccc4n3)sc2C1. The van der Waals surface area contributed by atoms with Gasteiger partial charge in [-0.1, -0.05) is 31.2 Å². The van der Waals surface area contributed by atoms with E-state index >= 15 is 0 Å². The minimum Gasteiger partial charge on any atom is -0.296 e. The number of para-hydroxylation sites is 1. The van der Waals surface area contributed by atoms with Crippen molar-refractivity contribution >= 4 is 33.3 Å². The fraction of sp³-hybridized carbons (Fsp3) is 0.278. The molecule has 116 valence electrons. The van der Waals surface area contributed by atoms with E-state index in [1.807, 2.05) is 30.3 Å². The molecule has 5 heteroatoms. The maximum absolute atomic E-state index is 12.4. The molecule has 1 aromatic carbocycles. The lowest BCUT2D eigenvalue weighted by Crippen LogP contribution is -2.13. The molecule has 0 unspecified atom stereocenters. The Balaban J connectivity index is 1.57. The number of pyridine rings is 1.